The molecule has 2 heterocycles. The number of hydrogen-bond acceptors (Lipinski definition) is 8. The van der Waals surface area contributed by atoms with E-state index in [0.717, 1.165) is 34.4 Å². The van der Waals surface area contributed by atoms with Crippen LogP contribution in [-0.4, -0.2) is 56.8 Å². The van der Waals surface area contributed by atoms with Crippen molar-refractivity contribution in [2.45, 2.75) is 58.4 Å². The first kappa shape index (κ1) is 34.7. The molecule has 0 unspecified atom stereocenters. The van der Waals surface area contributed by atoms with Crippen LogP contribution in [0, 0.1) is 13.8 Å². The summed E-state index contributed by atoms with van der Waals surface area (Å²) in [5, 5.41) is 10.7. The van der Waals surface area contributed by atoms with Crippen LogP contribution in [0.2, 0.25) is 0 Å². The van der Waals surface area contributed by atoms with Gasteiger partial charge in [-0.3, -0.25) is 9.59 Å². The van der Waals surface area contributed by atoms with Crippen LogP contribution in [0.4, 0.5) is 16.3 Å². The standard InChI is InChI=1S/C38H41N6O5P/c1-4-19-43(38(47)48-25-49-50(22-28-11-7-5-8-12-28)23-29-13-9-6-10-14-29)37(46)32-21-44-34(27(32)3)35(39-24-40-44)42-33-20-30(16-15-26(33)2)36(45)41-31-17-18-31/h5-16,20-21,24,31H,4,17-19,22-23,25H2,1-3H3,(H,41,45)(H,39,40,42). The smallest absolute Gasteiger partial charge is 0.418 e. The molecular weight excluding hydrogens is 651 g/mol. The monoisotopic (exact) mass is 692 g/mol. The molecule has 0 atom stereocenters. The molecule has 0 aliphatic heterocycles. The van der Waals surface area contributed by atoms with E-state index in [1.807, 2.05) is 56.3 Å². The van der Waals surface area contributed by atoms with Gasteiger partial charge < -0.3 is 19.9 Å². The first-order chi connectivity index (χ1) is 24.3. The summed E-state index contributed by atoms with van der Waals surface area (Å²) in [6.07, 6.45) is 6.15. The zero-order chi connectivity index (χ0) is 35.0. The van der Waals surface area contributed by atoms with Gasteiger partial charge in [0.25, 0.3) is 11.8 Å². The van der Waals surface area contributed by atoms with Crippen molar-refractivity contribution in [3.63, 3.8) is 0 Å². The Morgan fingerprint density at radius 2 is 1.64 bits per heavy atom. The third-order valence-corrected chi connectivity index (χ3v) is 10.4. The van der Waals surface area contributed by atoms with E-state index in [9.17, 15) is 14.4 Å². The van der Waals surface area contributed by atoms with Crippen molar-refractivity contribution in [1.29, 1.82) is 0 Å². The topological polar surface area (TPSA) is 127 Å². The average Bonchev–Trinajstić information content (AvgIpc) is 3.88. The number of nitrogens with zero attached hydrogens (tertiary/aromatic N) is 4. The Hall–Kier alpha value is -5.12. The summed E-state index contributed by atoms with van der Waals surface area (Å²) in [6, 6.07) is 25.9. The second-order valence-corrected chi connectivity index (χ2v) is 14.2. The fourth-order valence-electron chi connectivity index (χ4n) is 5.58. The minimum Gasteiger partial charge on any atom is -0.422 e. The predicted molar refractivity (Wildman–Crippen MR) is 194 cm³/mol. The van der Waals surface area contributed by atoms with Crippen molar-refractivity contribution in [2.75, 3.05) is 18.7 Å². The van der Waals surface area contributed by atoms with Crippen LogP contribution in [-0.2, 0) is 21.6 Å². The number of anilines is 2. The maximum absolute atomic E-state index is 13.9. The van der Waals surface area contributed by atoms with Gasteiger partial charge in [0.15, 0.2) is 12.6 Å². The normalized spacial score (nSPS) is 12.6. The average molecular weight is 693 g/mol. The van der Waals surface area contributed by atoms with Crippen molar-refractivity contribution in [2.24, 2.45) is 0 Å². The van der Waals surface area contributed by atoms with E-state index >= 15 is 0 Å². The Balaban J connectivity index is 1.16. The number of aryl methyl sites for hydroxylation is 2. The second-order valence-electron chi connectivity index (χ2n) is 12.4. The van der Waals surface area contributed by atoms with E-state index in [-0.39, 0.29) is 25.3 Å². The molecule has 3 amide bonds. The van der Waals surface area contributed by atoms with Crippen molar-refractivity contribution in [3.05, 3.63) is 125 Å². The number of imide groups is 1. The number of nitrogens with one attached hydrogen (secondary N) is 2. The molecule has 2 aromatic heterocycles. The zero-order valence-corrected chi connectivity index (χ0v) is 29.4. The minimum atomic E-state index is -1.01. The molecule has 1 fully saturated rings. The number of hydrogen-bond donors (Lipinski definition) is 2. The Kier molecular flexibility index (Phi) is 11.2. The lowest BCUT2D eigenvalue weighted by atomic mass is 10.1. The van der Waals surface area contributed by atoms with Gasteiger partial charge in [0.2, 0.25) is 0 Å². The van der Waals surface area contributed by atoms with E-state index in [4.69, 9.17) is 9.26 Å². The number of carbonyl (C=O) groups excluding carboxylic acids is 3. The molecule has 5 aromatic rings. The molecule has 1 saturated carbocycles. The number of ether oxygens (including phenoxy) is 1. The van der Waals surface area contributed by atoms with Gasteiger partial charge in [0, 0.05) is 50.5 Å². The molecule has 3 aromatic carbocycles. The highest BCUT2D eigenvalue weighted by atomic mass is 31.1. The molecule has 0 spiro atoms. The van der Waals surface area contributed by atoms with Gasteiger partial charge in [-0.1, -0.05) is 73.7 Å². The second kappa shape index (κ2) is 16.1. The SMILES string of the molecule is CCCN(C(=O)OCOP(Cc1ccccc1)Cc1ccccc1)C(=O)c1cn2ncnc(Nc3cc(C(=O)NC4CC4)ccc3C)c2c1C. The summed E-state index contributed by atoms with van der Waals surface area (Å²) < 4.78 is 13.3. The van der Waals surface area contributed by atoms with Crippen LogP contribution in [0.25, 0.3) is 5.52 Å². The van der Waals surface area contributed by atoms with Crippen molar-refractivity contribution in [3.8, 4) is 0 Å². The summed E-state index contributed by atoms with van der Waals surface area (Å²) >= 11 is 0. The molecule has 0 bridgehead atoms. The third-order valence-electron chi connectivity index (χ3n) is 8.46. The number of benzene rings is 3. The Bertz CT molecular complexity index is 1920. The quantitative estimate of drug-likeness (QED) is 0.0894. The minimum absolute atomic E-state index is 0.118. The first-order valence-electron chi connectivity index (χ1n) is 16.8. The molecule has 0 saturated heterocycles. The van der Waals surface area contributed by atoms with E-state index in [0.29, 0.717) is 52.5 Å². The van der Waals surface area contributed by atoms with Crippen LogP contribution in [0.5, 0.6) is 0 Å². The van der Waals surface area contributed by atoms with Crippen LogP contribution in [0.15, 0.2) is 91.4 Å². The highest BCUT2D eigenvalue weighted by Gasteiger charge is 2.28. The fraction of sp³-hybridized carbons (Fsp3) is 0.289. The van der Waals surface area contributed by atoms with Crippen LogP contribution in [0.3, 0.4) is 0 Å². The van der Waals surface area contributed by atoms with Crippen molar-refractivity contribution < 1.29 is 23.6 Å². The molecule has 1 aliphatic rings. The molecule has 1 aliphatic carbocycles. The lowest BCUT2D eigenvalue weighted by molar-refractivity contribution is 0.0364. The van der Waals surface area contributed by atoms with Crippen LogP contribution >= 0.6 is 8.15 Å². The van der Waals surface area contributed by atoms with Crippen molar-refractivity contribution >= 4 is 43.1 Å². The van der Waals surface area contributed by atoms with Gasteiger partial charge in [-0.2, -0.15) is 5.10 Å². The molecule has 11 nitrogen and oxygen atoms in total. The predicted octanol–water partition coefficient (Wildman–Crippen LogP) is 7.74. The zero-order valence-electron chi connectivity index (χ0n) is 28.5. The van der Waals surface area contributed by atoms with Gasteiger partial charge >= 0.3 is 6.09 Å². The van der Waals surface area contributed by atoms with Gasteiger partial charge in [-0.15, -0.1) is 0 Å². The number of aromatic nitrogens is 3. The summed E-state index contributed by atoms with van der Waals surface area (Å²) in [5.74, 6) is -0.161. The third kappa shape index (κ3) is 8.53. The van der Waals surface area contributed by atoms with Gasteiger partial charge in [0.05, 0.1) is 5.56 Å². The fourth-order valence-corrected chi connectivity index (χ4v) is 7.32. The van der Waals surface area contributed by atoms with E-state index < -0.39 is 20.1 Å². The first-order valence-corrected chi connectivity index (χ1v) is 18.4. The number of amides is 3. The molecule has 6 rings (SSSR count). The highest BCUT2D eigenvalue weighted by Crippen LogP contribution is 2.44. The van der Waals surface area contributed by atoms with E-state index in [1.54, 1.807) is 29.8 Å². The molecule has 2 N–H and O–H groups in total. The number of fused-ring (bicyclic) bond motifs is 1. The van der Waals surface area contributed by atoms with E-state index in [2.05, 4.69) is 45.0 Å². The molecule has 258 valence electrons. The maximum atomic E-state index is 13.9. The number of rotatable bonds is 14. The Labute approximate surface area is 292 Å². The summed E-state index contributed by atoms with van der Waals surface area (Å²) in [4.78, 5) is 45.6. The lowest BCUT2D eigenvalue weighted by Crippen LogP contribution is -2.38. The van der Waals surface area contributed by atoms with Gasteiger partial charge in [-0.25, -0.2) is 19.2 Å². The van der Waals surface area contributed by atoms with E-state index in [1.165, 1.54) is 6.33 Å². The summed E-state index contributed by atoms with van der Waals surface area (Å²) in [6.45, 7) is 5.51. The lowest BCUT2D eigenvalue weighted by Gasteiger charge is -2.22. The summed E-state index contributed by atoms with van der Waals surface area (Å²) in [7, 11) is -1.01. The van der Waals surface area contributed by atoms with Gasteiger partial charge in [0.1, 0.15) is 11.8 Å². The molecule has 12 heteroatoms. The Morgan fingerprint density at radius 3 is 2.28 bits per heavy atom. The number of carbonyl (C=O) groups is 3. The molecule has 0 radical (unpaired) electrons. The Morgan fingerprint density at radius 1 is 0.960 bits per heavy atom. The maximum Gasteiger partial charge on any atom is 0.418 e. The molecule has 50 heavy (non-hydrogen) atoms. The molecular formula is C38H41N6O5P. The van der Waals surface area contributed by atoms with Gasteiger partial charge in [-0.05, 0) is 67.5 Å². The highest BCUT2D eigenvalue weighted by molar-refractivity contribution is 7.50. The van der Waals surface area contributed by atoms with Crippen LogP contribution in [0.1, 0.15) is 69.2 Å². The van der Waals surface area contributed by atoms with Crippen molar-refractivity contribution in [1.82, 2.24) is 24.8 Å². The van der Waals surface area contributed by atoms with Crippen LogP contribution < -0.4 is 10.6 Å². The largest absolute Gasteiger partial charge is 0.422 e. The summed E-state index contributed by atoms with van der Waals surface area (Å²) in [5.41, 5.74) is 5.91.